The van der Waals surface area contributed by atoms with Gasteiger partial charge < -0.3 is 5.32 Å². The van der Waals surface area contributed by atoms with Gasteiger partial charge in [0.2, 0.25) is 0 Å². The van der Waals surface area contributed by atoms with Crippen molar-refractivity contribution < 1.29 is 0 Å². The number of rotatable bonds is 5. The third-order valence-corrected chi connectivity index (χ3v) is 4.42. The largest absolute Gasteiger partial charge is 0.314 e. The van der Waals surface area contributed by atoms with Crippen LogP contribution in [0.25, 0.3) is 0 Å². The van der Waals surface area contributed by atoms with Gasteiger partial charge in [-0.3, -0.25) is 0 Å². The minimum absolute atomic E-state index is 0.414. The Morgan fingerprint density at radius 1 is 1.17 bits per heavy atom. The molecule has 1 fully saturated rings. The Bertz CT molecular complexity index is 391. The van der Waals surface area contributed by atoms with E-state index in [2.05, 4.69) is 64.2 Å². The van der Waals surface area contributed by atoms with Gasteiger partial charge in [-0.2, -0.15) is 0 Å². The van der Waals surface area contributed by atoms with E-state index in [-0.39, 0.29) is 0 Å². The summed E-state index contributed by atoms with van der Waals surface area (Å²) >= 11 is 0. The van der Waals surface area contributed by atoms with Crippen LogP contribution in [0, 0.1) is 5.92 Å². The summed E-state index contributed by atoms with van der Waals surface area (Å²) in [6, 6.07) is 9.88. The van der Waals surface area contributed by atoms with Crippen molar-refractivity contribution in [2.45, 2.75) is 58.4 Å². The molecule has 2 unspecified atom stereocenters. The maximum atomic E-state index is 3.56. The van der Waals surface area contributed by atoms with Crippen LogP contribution in [-0.4, -0.2) is 12.6 Å². The average molecular weight is 245 g/mol. The van der Waals surface area contributed by atoms with E-state index in [1.807, 2.05) is 0 Å². The lowest BCUT2D eigenvalue weighted by atomic mass is 9.92. The zero-order valence-electron chi connectivity index (χ0n) is 12.5. The quantitative estimate of drug-likeness (QED) is 0.824. The summed E-state index contributed by atoms with van der Waals surface area (Å²) < 4.78 is 0. The molecule has 100 valence electrons. The topological polar surface area (TPSA) is 12.0 Å². The third kappa shape index (κ3) is 2.77. The van der Waals surface area contributed by atoms with Gasteiger partial charge >= 0.3 is 0 Å². The molecule has 0 radical (unpaired) electrons. The van der Waals surface area contributed by atoms with E-state index in [4.69, 9.17) is 0 Å². The maximum absolute atomic E-state index is 3.56. The predicted octanol–water partition coefficient (Wildman–Crippen LogP) is 4.09. The van der Waals surface area contributed by atoms with Crippen LogP contribution in [0.5, 0.6) is 0 Å². The molecule has 18 heavy (non-hydrogen) atoms. The molecule has 0 bridgehead atoms. The highest BCUT2D eigenvalue weighted by Crippen LogP contribution is 2.53. The summed E-state index contributed by atoms with van der Waals surface area (Å²) in [5.41, 5.74) is 3.37. The Hall–Kier alpha value is -0.820. The summed E-state index contributed by atoms with van der Waals surface area (Å²) in [4.78, 5) is 0. The Morgan fingerprint density at radius 2 is 1.78 bits per heavy atom. The molecule has 1 aliphatic rings. The van der Waals surface area contributed by atoms with Crippen LogP contribution in [0.4, 0.5) is 0 Å². The Kier molecular flexibility index (Phi) is 3.82. The van der Waals surface area contributed by atoms with Crippen LogP contribution < -0.4 is 5.32 Å². The van der Waals surface area contributed by atoms with Gasteiger partial charge in [-0.1, -0.05) is 58.9 Å². The molecule has 1 nitrogen and oxygen atoms in total. The number of nitrogens with one attached hydrogen (secondary N) is 1. The van der Waals surface area contributed by atoms with E-state index < -0.39 is 0 Å². The summed E-state index contributed by atoms with van der Waals surface area (Å²) in [5.74, 6) is 1.44. The van der Waals surface area contributed by atoms with Crippen LogP contribution in [0.1, 0.15) is 58.1 Å². The molecule has 1 saturated carbocycles. The Morgan fingerprint density at radius 3 is 2.28 bits per heavy atom. The fourth-order valence-electron chi connectivity index (χ4n) is 2.73. The number of hydrogen-bond donors (Lipinski definition) is 1. The van der Waals surface area contributed by atoms with E-state index in [1.54, 1.807) is 0 Å². The van der Waals surface area contributed by atoms with E-state index in [9.17, 15) is 0 Å². The normalized spacial score (nSPS) is 26.9. The number of hydrogen-bond acceptors (Lipinski definition) is 1. The van der Waals surface area contributed by atoms with E-state index in [0.29, 0.717) is 17.4 Å². The minimum atomic E-state index is 0.414. The molecule has 0 heterocycles. The highest BCUT2D eigenvalue weighted by molar-refractivity contribution is 5.35. The van der Waals surface area contributed by atoms with Crippen molar-refractivity contribution in [1.82, 2.24) is 5.32 Å². The summed E-state index contributed by atoms with van der Waals surface area (Å²) in [5, 5.41) is 3.56. The molecule has 1 heteroatoms. The highest BCUT2D eigenvalue weighted by Gasteiger charge is 2.50. The fraction of sp³-hybridized carbons (Fsp3) is 0.647. The highest BCUT2D eigenvalue weighted by atomic mass is 14.9. The Labute approximate surface area is 112 Å². The first-order valence-corrected chi connectivity index (χ1v) is 7.27. The Balaban J connectivity index is 2.00. The van der Waals surface area contributed by atoms with Crippen molar-refractivity contribution in [2.24, 2.45) is 5.92 Å². The van der Waals surface area contributed by atoms with Crippen molar-refractivity contribution in [1.29, 1.82) is 0 Å². The molecular weight excluding hydrogens is 218 g/mol. The lowest BCUT2D eigenvalue weighted by molar-refractivity contribution is 0.528. The zero-order chi connectivity index (χ0) is 13.3. The van der Waals surface area contributed by atoms with Gasteiger partial charge in [0.15, 0.2) is 0 Å². The molecule has 1 N–H and O–H groups in total. The summed E-state index contributed by atoms with van der Waals surface area (Å²) in [6.07, 6.45) is 1.33. The first-order valence-electron chi connectivity index (χ1n) is 7.27. The van der Waals surface area contributed by atoms with Gasteiger partial charge in [-0.15, -0.1) is 0 Å². The van der Waals surface area contributed by atoms with Crippen molar-refractivity contribution >= 4 is 0 Å². The molecule has 1 aromatic carbocycles. The first-order chi connectivity index (χ1) is 8.43. The minimum Gasteiger partial charge on any atom is -0.314 e. The van der Waals surface area contributed by atoms with Crippen molar-refractivity contribution in [2.75, 3.05) is 6.54 Å². The lowest BCUT2D eigenvalue weighted by Gasteiger charge is -2.15. The van der Waals surface area contributed by atoms with E-state index in [0.717, 1.165) is 12.5 Å². The van der Waals surface area contributed by atoms with E-state index >= 15 is 0 Å². The smallest absolute Gasteiger partial charge is 0.00104 e. The molecule has 1 aliphatic carbocycles. The van der Waals surface area contributed by atoms with Crippen LogP contribution in [0.3, 0.4) is 0 Å². The van der Waals surface area contributed by atoms with Gasteiger partial charge in [0, 0.05) is 6.04 Å². The van der Waals surface area contributed by atoms with Gasteiger partial charge in [0.05, 0.1) is 0 Å². The van der Waals surface area contributed by atoms with Crippen LogP contribution in [0.2, 0.25) is 0 Å². The fourth-order valence-corrected chi connectivity index (χ4v) is 2.73. The molecule has 0 spiro atoms. The molecule has 0 aromatic heterocycles. The van der Waals surface area contributed by atoms with Crippen LogP contribution >= 0.6 is 0 Å². The van der Waals surface area contributed by atoms with Gasteiger partial charge in [-0.05, 0) is 41.3 Å². The predicted molar refractivity (Wildman–Crippen MR) is 79.1 cm³/mol. The second-order valence-corrected chi connectivity index (χ2v) is 6.66. The molecular formula is C17H27N. The number of benzene rings is 1. The second-order valence-electron chi connectivity index (χ2n) is 6.66. The van der Waals surface area contributed by atoms with Crippen LogP contribution in [0.15, 0.2) is 24.3 Å². The first kappa shape index (κ1) is 13.6. The lowest BCUT2D eigenvalue weighted by Crippen LogP contribution is -2.26. The SMILES string of the molecule is CC(C)NCC1CC1(C)c1ccc(C(C)C)cc1. The molecule has 1 aromatic rings. The van der Waals surface area contributed by atoms with Crippen LogP contribution in [-0.2, 0) is 5.41 Å². The molecule has 0 aliphatic heterocycles. The third-order valence-electron chi connectivity index (χ3n) is 4.42. The molecule has 0 amide bonds. The molecule has 0 saturated heterocycles. The van der Waals surface area contributed by atoms with Gasteiger partial charge in [0.25, 0.3) is 0 Å². The zero-order valence-corrected chi connectivity index (χ0v) is 12.5. The average Bonchev–Trinajstić information content (AvgIpc) is 2.99. The van der Waals surface area contributed by atoms with Crippen molar-refractivity contribution in [3.05, 3.63) is 35.4 Å². The summed E-state index contributed by atoms with van der Waals surface area (Å²) in [6.45, 7) is 12.5. The van der Waals surface area contributed by atoms with Gasteiger partial charge in [0.1, 0.15) is 0 Å². The standard InChI is InChI=1S/C17H27N/c1-12(2)14-6-8-15(9-7-14)17(5)10-16(17)11-18-13(3)4/h6-9,12-13,16,18H,10-11H2,1-5H3. The van der Waals surface area contributed by atoms with Gasteiger partial charge in [-0.25, -0.2) is 0 Å². The summed E-state index contributed by atoms with van der Waals surface area (Å²) in [7, 11) is 0. The van der Waals surface area contributed by atoms with E-state index in [1.165, 1.54) is 17.5 Å². The maximum Gasteiger partial charge on any atom is 0.00104 e. The van der Waals surface area contributed by atoms with Crippen molar-refractivity contribution in [3.8, 4) is 0 Å². The monoisotopic (exact) mass is 245 g/mol. The molecule has 2 atom stereocenters. The molecule has 2 rings (SSSR count). The second kappa shape index (κ2) is 5.05. The van der Waals surface area contributed by atoms with Crippen molar-refractivity contribution in [3.63, 3.8) is 0 Å².